The third kappa shape index (κ3) is 8.64. The Morgan fingerprint density at radius 3 is 2.26 bits per heavy atom. The van der Waals surface area contributed by atoms with Crippen molar-refractivity contribution in [3.05, 3.63) is 48.0 Å². The Balaban J connectivity index is 0.00000576. The summed E-state index contributed by atoms with van der Waals surface area (Å²) in [4.78, 5) is 31.5. The van der Waals surface area contributed by atoms with Crippen molar-refractivity contribution in [2.24, 2.45) is 5.92 Å². The number of piperidine rings is 1. The first kappa shape index (κ1) is 37.4. The highest BCUT2D eigenvalue weighted by atomic mass is 35.5. The van der Waals surface area contributed by atoms with Gasteiger partial charge in [-0.25, -0.2) is 8.42 Å². The molecule has 2 saturated heterocycles. The summed E-state index contributed by atoms with van der Waals surface area (Å²) in [5.74, 6) is 1.09. The van der Waals surface area contributed by atoms with Gasteiger partial charge in [-0.1, -0.05) is 52.2 Å². The molecule has 2 aromatic rings. The fourth-order valence-electron chi connectivity index (χ4n) is 6.41. The van der Waals surface area contributed by atoms with E-state index >= 15 is 0 Å². The molecule has 2 atom stereocenters. The van der Waals surface area contributed by atoms with Gasteiger partial charge < -0.3 is 24.8 Å². The molecule has 2 aliphatic rings. The van der Waals surface area contributed by atoms with E-state index in [1.807, 2.05) is 38.1 Å². The number of ether oxygens (including phenoxy) is 2. The number of halogens is 1. The molecule has 256 valence electrons. The molecule has 0 saturated carbocycles. The molecule has 2 amide bonds. The third-order valence-corrected chi connectivity index (χ3v) is 9.68. The maximum Gasteiger partial charge on any atom is 0.248 e. The minimum Gasteiger partial charge on any atom is -0.493 e. The SMILES string of the molecule is CCCCN1C(=O)[C@@H]([C@H](O)C(CC)CC)NC(=O)C12CCN(Cc1ccc(Oc3ccc(NS(C)(=O)=O)cc3OC)cc1)CC2.Cl. The van der Waals surface area contributed by atoms with Crippen molar-refractivity contribution in [2.75, 3.05) is 37.7 Å². The zero-order chi connectivity index (χ0) is 32.8. The molecule has 0 aliphatic carbocycles. The number of aliphatic hydroxyl groups is 1. The maximum atomic E-state index is 13.8. The van der Waals surface area contributed by atoms with Crippen LogP contribution in [0.1, 0.15) is 64.9 Å². The number of rotatable bonds is 14. The van der Waals surface area contributed by atoms with Crippen LogP contribution in [0, 0.1) is 5.92 Å². The molecule has 2 aliphatic heterocycles. The fourth-order valence-corrected chi connectivity index (χ4v) is 6.97. The molecular formula is C33H49ClN4O7S. The molecule has 2 fully saturated rings. The van der Waals surface area contributed by atoms with Gasteiger partial charge in [-0.3, -0.25) is 19.2 Å². The van der Waals surface area contributed by atoms with Gasteiger partial charge in [-0.2, -0.15) is 0 Å². The van der Waals surface area contributed by atoms with E-state index in [2.05, 4.69) is 21.9 Å². The molecule has 2 heterocycles. The third-order valence-electron chi connectivity index (χ3n) is 9.07. The standard InChI is InChI=1S/C33H48N4O7S.ClH/c1-6-9-18-37-31(39)29(30(38)24(7-2)8-3)34-32(40)33(37)16-19-36(20-17-33)22-23-10-13-26(14-11-23)44-27-15-12-25(21-28(27)43-4)35-45(5,41)42;/h10-15,21,24,29-30,35,38H,6-9,16-20,22H2,1-5H3,(H,34,40);1H/t29-,30-;/m1./s1. The van der Waals surface area contributed by atoms with Crippen molar-refractivity contribution >= 4 is 39.9 Å². The number of methoxy groups -OCH3 is 1. The van der Waals surface area contributed by atoms with E-state index in [0.29, 0.717) is 62.0 Å². The number of hydrogen-bond acceptors (Lipinski definition) is 8. The number of carbonyl (C=O) groups is 2. The van der Waals surface area contributed by atoms with Gasteiger partial charge in [0.1, 0.15) is 17.3 Å². The molecule has 2 aromatic carbocycles. The van der Waals surface area contributed by atoms with Gasteiger partial charge in [-0.05, 0) is 55.0 Å². The van der Waals surface area contributed by atoms with Gasteiger partial charge >= 0.3 is 0 Å². The van der Waals surface area contributed by atoms with E-state index in [4.69, 9.17) is 9.47 Å². The number of benzene rings is 2. The van der Waals surface area contributed by atoms with Gasteiger partial charge in [0.15, 0.2) is 11.5 Å². The summed E-state index contributed by atoms with van der Waals surface area (Å²) >= 11 is 0. The quantitative estimate of drug-likeness (QED) is 0.265. The number of hydrogen-bond donors (Lipinski definition) is 3. The average molecular weight is 681 g/mol. The number of unbranched alkanes of at least 4 members (excludes halogenated alkanes) is 1. The van der Waals surface area contributed by atoms with Crippen molar-refractivity contribution in [3.8, 4) is 17.2 Å². The molecule has 3 N–H and O–H groups in total. The predicted octanol–water partition coefficient (Wildman–Crippen LogP) is 4.54. The Kier molecular flexibility index (Phi) is 13.1. The highest BCUT2D eigenvalue weighted by Crippen LogP contribution is 2.36. The van der Waals surface area contributed by atoms with Crippen LogP contribution in [0.4, 0.5) is 5.69 Å². The molecule has 1 spiro atoms. The molecule has 0 aromatic heterocycles. The Bertz CT molecular complexity index is 1430. The zero-order valence-corrected chi connectivity index (χ0v) is 29.1. The van der Waals surface area contributed by atoms with Crippen LogP contribution in [0.5, 0.6) is 17.2 Å². The Morgan fingerprint density at radius 1 is 1.04 bits per heavy atom. The molecule has 46 heavy (non-hydrogen) atoms. The van der Waals surface area contributed by atoms with E-state index in [0.717, 1.165) is 37.5 Å². The number of likely N-dealkylation sites (tertiary alicyclic amines) is 1. The summed E-state index contributed by atoms with van der Waals surface area (Å²) in [7, 11) is -1.93. The van der Waals surface area contributed by atoms with Crippen molar-refractivity contribution in [1.82, 2.24) is 15.1 Å². The summed E-state index contributed by atoms with van der Waals surface area (Å²) in [5.41, 5.74) is 0.567. The van der Waals surface area contributed by atoms with Crippen molar-refractivity contribution < 1.29 is 32.6 Å². The molecule has 0 radical (unpaired) electrons. The van der Waals surface area contributed by atoms with Crippen LogP contribution in [0.2, 0.25) is 0 Å². The molecule has 13 heteroatoms. The summed E-state index contributed by atoms with van der Waals surface area (Å²) in [6, 6.07) is 11.6. The number of aliphatic hydroxyl groups excluding tert-OH is 1. The summed E-state index contributed by atoms with van der Waals surface area (Å²) < 4.78 is 36.9. The van der Waals surface area contributed by atoms with Crippen LogP contribution in [0.25, 0.3) is 0 Å². The highest BCUT2D eigenvalue weighted by molar-refractivity contribution is 7.92. The van der Waals surface area contributed by atoms with Crippen LogP contribution < -0.4 is 19.5 Å². The van der Waals surface area contributed by atoms with Crippen LogP contribution in [0.15, 0.2) is 42.5 Å². The summed E-state index contributed by atoms with van der Waals surface area (Å²) in [6.45, 7) is 8.58. The van der Waals surface area contributed by atoms with Crippen LogP contribution in [-0.4, -0.2) is 85.8 Å². The van der Waals surface area contributed by atoms with Crippen molar-refractivity contribution in [2.45, 2.75) is 83.5 Å². The first-order chi connectivity index (χ1) is 21.4. The van der Waals surface area contributed by atoms with Crippen LogP contribution in [-0.2, 0) is 26.2 Å². The predicted molar refractivity (Wildman–Crippen MR) is 181 cm³/mol. The summed E-state index contributed by atoms with van der Waals surface area (Å²) in [5, 5.41) is 14.0. The lowest BCUT2D eigenvalue weighted by molar-refractivity contribution is -0.165. The second-order valence-electron chi connectivity index (χ2n) is 12.2. The number of sulfonamides is 1. The van der Waals surface area contributed by atoms with E-state index in [-0.39, 0.29) is 30.1 Å². The Hall–Kier alpha value is -3.06. The van der Waals surface area contributed by atoms with Gasteiger partial charge in [0.05, 0.1) is 25.2 Å². The second kappa shape index (κ2) is 16.2. The average Bonchev–Trinajstić information content (AvgIpc) is 3.01. The van der Waals surface area contributed by atoms with Crippen LogP contribution in [0.3, 0.4) is 0 Å². The smallest absolute Gasteiger partial charge is 0.248 e. The molecule has 0 bridgehead atoms. The molecule has 0 unspecified atom stereocenters. The monoisotopic (exact) mass is 680 g/mol. The van der Waals surface area contributed by atoms with E-state index in [1.165, 1.54) is 7.11 Å². The maximum absolute atomic E-state index is 13.8. The largest absolute Gasteiger partial charge is 0.493 e. The summed E-state index contributed by atoms with van der Waals surface area (Å²) in [6.07, 6.45) is 4.45. The van der Waals surface area contributed by atoms with Crippen molar-refractivity contribution in [1.29, 1.82) is 0 Å². The Labute approximate surface area is 279 Å². The minimum atomic E-state index is -3.42. The van der Waals surface area contributed by atoms with Crippen LogP contribution >= 0.6 is 12.4 Å². The van der Waals surface area contributed by atoms with Crippen molar-refractivity contribution in [3.63, 3.8) is 0 Å². The number of amides is 2. The Morgan fingerprint density at radius 2 is 1.70 bits per heavy atom. The van der Waals surface area contributed by atoms with Gasteiger partial charge in [0.25, 0.3) is 0 Å². The lowest BCUT2D eigenvalue weighted by atomic mass is 9.79. The number of nitrogens with zero attached hydrogens (tertiary/aromatic N) is 2. The number of anilines is 1. The minimum absolute atomic E-state index is 0. The number of nitrogens with one attached hydrogen (secondary N) is 2. The van der Waals surface area contributed by atoms with Gasteiger partial charge in [0, 0.05) is 32.2 Å². The molecular weight excluding hydrogens is 632 g/mol. The van der Waals surface area contributed by atoms with E-state index in [9.17, 15) is 23.1 Å². The van der Waals surface area contributed by atoms with Gasteiger partial charge in [-0.15, -0.1) is 12.4 Å². The molecule has 4 rings (SSSR count). The second-order valence-corrected chi connectivity index (χ2v) is 13.9. The zero-order valence-electron chi connectivity index (χ0n) is 27.5. The first-order valence-electron chi connectivity index (χ1n) is 15.9. The topological polar surface area (TPSA) is 138 Å². The molecule has 11 nitrogen and oxygen atoms in total. The lowest BCUT2D eigenvalue weighted by Gasteiger charge is -2.52. The van der Waals surface area contributed by atoms with E-state index in [1.54, 1.807) is 23.1 Å². The first-order valence-corrected chi connectivity index (χ1v) is 17.8. The van der Waals surface area contributed by atoms with E-state index < -0.39 is 27.7 Å². The normalized spacial score (nSPS) is 19.0. The fraction of sp³-hybridized carbons (Fsp3) is 0.576. The number of carbonyl (C=O) groups excluding carboxylic acids is 2. The van der Waals surface area contributed by atoms with Gasteiger partial charge in [0.2, 0.25) is 21.8 Å². The lowest BCUT2D eigenvalue weighted by Crippen LogP contribution is -2.75. The highest BCUT2D eigenvalue weighted by Gasteiger charge is 2.55. The number of piperazine rings is 1.